The molecule has 3 rings (SSSR count). The molecule has 0 fully saturated rings. The number of anilines is 2. The summed E-state index contributed by atoms with van der Waals surface area (Å²) >= 11 is 0. The number of carbonyl (C=O) groups is 1. The van der Waals surface area contributed by atoms with E-state index < -0.39 is 0 Å². The van der Waals surface area contributed by atoms with Crippen molar-refractivity contribution in [2.24, 2.45) is 10.2 Å². The summed E-state index contributed by atoms with van der Waals surface area (Å²) in [6, 6.07) is 14.0. The van der Waals surface area contributed by atoms with Crippen LogP contribution in [0.25, 0.3) is 0 Å². The van der Waals surface area contributed by atoms with Gasteiger partial charge in [-0.3, -0.25) is 10.2 Å². The van der Waals surface area contributed by atoms with E-state index in [1.165, 1.54) is 5.01 Å². The first-order chi connectivity index (χ1) is 11.0. The molecule has 2 aromatic rings. The van der Waals surface area contributed by atoms with Crippen molar-refractivity contribution in [3.63, 3.8) is 0 Å². The topological polar surface area (TPSA) is 77.3 Å². The number of amides is 1. The fourth-order valence-corrected chi connectivity index (χ4v) is 2.22. The Morgan fingerprint density at radius 2 is 1.87 bits per heavy atom. The number of carbonyl (C=O) groups excluding carboxylic acids is 1. The summed E-state index contributed by atoms with van der Waals surface area (Å²) in [5.41, 5.74) is 6.05. The third-order valence-corrected chi connectivity index (χ3v) is 3.40. The van der Waals surface area contributed by atoms with Crippen LogP contribution < -0.4 is 10.4 Å². The lowest BCUT2D eigenvalue weighted by Crippen LogP contribution is -2.27. The van der Waals surface area contributed by atoms with Crippen LogP contribution in [0.15, 0.2) is 58.7 Å². The Morgan fingerprint density at radius 3 is 2.57 bits per heavy atom. The second-order valence-electron chi connectivity index (χ2n) is 5.26. The molecule has 0 saturated heterocycles. The minimum Gasteiger partial charge on any atom is -0.508 e. The first kappa shape index (κ1) is 14.8. The van der Waals surface area contributed by atoms with Gasteiger partial charge in [-0.2, -0.15) is 15.2 Å². The molecular weight excluding hydrogens is 292 g/mol. The van der Waals surface area contributed by atoms with E-state index in [-0.39, 0.29) is 17.4 Å². The molecule has 1 heterocycles. The van der Waals surface area contributed by atoms with Crippen LogP contribution in [-0.2, 0) is 4.79 Å². The van der Waals surface area contributed by atoms with Gasteiger partial charge in [0, 0.05) is 0 Å². The number of hydrogen-bond acceptors (Lipinski definition) is 5. The van der Waals surface area contributed by atoms with Gasteiger partial charge < -0.3 is 5.11 Å². The number of phenolic OH excluding ortho intramolecular Hbond substituents is 1. The third-order valence-electron chi connectivity index (χ3n) is 3.40. The Kier molecular flexibility index (Phi) is 3.80. The maximum absolute atomic E-state index is 12.5. The molecule has 6 nitrogen and oxygen atoms in total. The lowest BCUT2D eigenvalue weighted by atomic mass is 10.2. The number of nitrogens with one attached hydrogen (secondary N) is 1. The van der Waals surface area contributed by atoms with Crippen LogP contribution in [0.3, 0.4) is 0 Å². The highest BCUT2D eigenvalue weighted by Gasteiger charge is 2.30. The summed E-state index contributed by atoms with van der Waals surface area (Å²) in [6.45, 7) is 3.70. The molecule has 0 radical (unpaired) electrons. The van der Waals surface area contributed by atoms with E-state index in [2.05, 4.69) is 15.6 Å². The average molecular weight is 308 g/mol. The van der Waals surface area contributed by atoms with Crippen LogP contribution in [0.4, 0.5) is 11.4 Å². The number of aryl methyl sites for hydroxylation is 1. The normalized spacial score (nSPS) is 15.9. The molecule has 23 heavy (non-hydrogen) atoms. The number of aromatic hydroxyl groups is 1. The SMILES string of the molecule is CC1=NN(c2cccc(C)c2)C(=O)C1=NNc1ccc(O)cc1. The molecule has 0 aromatic heterocycles. The van der Waals surface area contributed by atoms with Crippen molar-refractivity contribution in [2.75, 3.05) is 10.4 Å². The van der Waals surface area contributed by atoms with Crippen LogP contribution in [0.1, 0.15) is 12.5 Å². The average Bonchev–Trinajstić information content (AvgIpc) is 2.82. The van der Waals surface area contributed by atoms with Gasteiger partial charge in [-0.05, 0) is 55.8 Å². The third kappa shape index (κ3) is 3.06. The first-order valence-electron chi connectivity index (χ1n) is 7.14. The van der Waals surface area contributed by atoms with Crippen LogP contribution in [0.2, 0.25) is 0 Å². The van der Waals surface area contributed by atoms with Gasteiger partial charge in [0.2, 0.25) is 0 Å². The van der Waals surface area contributed by atoms with E-state index in [1.807, 2.05) is 31.2 Å². The minimum absolute atomic E-state index is 0.170. The molecule has 1 aliphatic rings. The van der Waals surface area contributed by atoms with Crippen molar-refractivity contribution in [2.45, 2.75) is 13.8 Å². The van der Waals surface area contributed by atoms with Crippen molar-refractivity contribution >= 4 is 28.7 Å². The molecule has 0 atom stereocenters. The monoisotopic (exact) mass is 308 g/mol. The highest BCUT2D eigenvalue weighted by molar-refractivity contribution is 6.71. The highest BCUT2D eigenvalue weighted by atomic mass is 16.3. The predicted molar refractivity (Wildman–Crippen MR) is 90.9 cm³/mol. The van der Waals surface area contributed by atoms with E-state index in [0.29, 0.717) is 17.1 Å². The number of benzene rings is 2. The molecule has 116 valence electrons. The van der Waals surface area contributed by atoms with Crippen molar-refractivity contribution in [3.8, 4) is 5.75 Å². The second-order valence-corrected chi connectivity index (χ2v) is 5.26. The smallest absolute Gasteiger partial charge is 0.301 e. The molecule has 6 heteroatoms. The Hall–Kier alpha value is -3.15. The summed E-state index contributed by atoms with van der Waals surface area (Å²) in [5, 5.41) is 19.0. The van der Waals surface area contributed by atoms with E-state index in [1.54, 1.807) is 31.2 Å². The summed E-state index contributed by atoms with van der Waals surface area (Å²) in [5.74, 6) is -0.108. The molecule has 0 spiro atoms. The van der Waals surface area contributed by atoms with Gasteiger partial charge in [-0.25, -0.2) is 0 Å². The standard InChI is InChI=1S/C17H16N4O2/c1-11-4-3-5-14(10-11)21-17(23)16(12(2)20-21)19-18-13-6-8-15(22)9-7-13/h3-10,18,22H,1-2H3. The molecule has 0 aliphatic carbocycles. The summed E-state index contributed by atoms with van der Waals surface area (Å²) < 4.78 is 0. The number of hydrazone groups is 2. The van der Waals surface area contributed by atoms with Gasteiger partial charge in [0.1, 0.15) is 5.75 Å². The van der Waals surface area contributed by atoms with Crippen LogP contribution in [0.5, 0.6) is 5.75 Å². The summed E-state index contributed by atoms with van der Waals surface area (Å²) in [7, 11) is 0. The molecule has 1 amide bonds. The van der Waals surface area contributed by atoms with Crippen molar-refractivity contribution in [3.05, 3.63) is 54.1 Å². The Bertz CT molecular complexity index is 810. The maximum atomic E-state index is 12.5. The van der Waals surface area contributed by atoms with Crippen LogP contribution >= 0.6 is 0 Å². The van der Waals surface area contributed by atoms with Crippen molar-refractivity contribution < 1.29 is 9.90 Å². The Morgan fingerprint density at radius 1 is 1.13 bits per heavy atom. The van der Waals surface area contributed by atoms with Gasteiger partial charge >= 0.3 is 5.91 Å². The van der Waals surface area contributed by atoms with Crippen LogP contribution in [0, 0.1) is 6.92 Å². The Labute approximate surface area is 133 Å². The van der Waals surface area contributed by atoms with Gasteiger partial charge in [0.15, 0.2) is 5.71 Å². The van der Waals surface area contributed by atoms with E-state index in [9.17, 15) is 9.90 Å². The Balaban J connectivity index is 1.82. The number of hydrogen-bond donors (Lipinski definition) is 2. The quantitative estimate of drug-likeness (QED) is 0.676. The second kappa shape index (κ2) is 5.92. The number of phenols is 1. The molecule has 2 aromatic carbocycles. The van der Waals surface area contributed by atoms with Crippen LogP contribution in [-0.4, -0.2) is 22.4 Å². The van der Waals surface area contributed by atoms with Gasteiger partial charge in [0.25, 0.3) is 0 Å². The lowest BCUT2D eigenvalue weighted by Gasteiger charge is -2.11. The van der Waals surface area contributed by atoms with E-state index in [4.69, 9.17) is 0 Å². The first-order valence-corrected chi connectivity index (χ1v) is 7.14. The zero-order chi connectivity index (χ0) is 16.4. The number of nitrogens with zero attached hydrogens (tertiary/aromatic N) is 3. The summed E-state index contributed by atoms with van der Waals surface area (Å²) in [4.78, 5) is 12.5. The predicted octanol–water partition coefficient (Wildman–Crippen LogP) is 2.89. The zero-order valence-corrected chi connectivity index (χ0v) is 12.8. The fourth-order valence-electron chi connectivity index (χ4n) is 2.22. The maximum Gasteiger partial charge on any atom is 0.301 e. The van der Waals surface area contributed by atoms with E-state index in [0.717, 1.165) is 5.56 Å². The van der Waals surface area contributed by atoms with Gasteiger partial charge in [-0.15, -0.1) is 0 Å². The van der Waals surface area contributed by atoms with Gasteiger partial charge in [0.05, 0.1) is 17.1 Å². The van der Waals surface area contributed by atoms with Gasteiger partial charge in [-0.1, -0.05) is 12.1 Å². The molecule has 0 saturated carbocycles. The molecular formula is C17H16N4O2. The van der Waals surface area contributed by atoms with Crippen molar-refractivity contribution in [1.82, 2.24) is 0 Å². The lowest BCUT2D eigenvalue weighted by molar-refractivity contribution is -0.112. The zero-order valence-electron chi connectivity index (χ0n) is 12.8. The highest BCUT2D eigenvalue weighted by Crippen LogP contribution is 2.21. The largest absolute Gasteiger partial charge is 0.508 e. The molecule has 2 N–H and O–H groups in total. The summed E-state index contributed by atoms with van der Waals surface area (Å²) in [6.07, 6.45) is 0. The van der Waals surface area contributed by atoms with E-state index >= 15 is 0 Å². The van der Waals surface area contributed by atoms with Crippen molar-refractivity contribution in [1.29, 1.82) is 0 Å². The molecule has 0 bridgehead atoms. The molecule has 0 unspecified atom stereocenters. The number of rotatable bonds is 3. The fraction of sp³-hybridized carbons (Fsp3) is 0.118. The molecule has 1 aliphatic heterocycles. The minimum atomic E-state index is -0.278.